The average Bonchev–Trinajstić information content (AvgIpc) is 2.79. The van der Waals surface area contributed by atoms with E-state index in [9.17, 15) is 9.90 Å². The number of hydrogen-bond donors (Lipinski definition) is 1. The zero-order valence-corrected chi connectivity index (χ0v) is 11.6. The molecule has 2 aliphatic heterocycles. The second-order valence-electron chi connectivity index (χ2n) is 5.89. The van der Waals surface area contributed by atoms with Gasteiger partial charge >= 0.3 is 5.97 Å². The lowest BCUT2D eigenvalue weighted by Crippen LogP contribution is -2.59. The number of carbonyl (C=O) groups excluding carboxylic acids is 1. The highest BCUT2D eigenvalue weighted by atomic mass is 17.2. The van der Waals surface area contributed by atoms with Gasteiger partial charge in [0, 0.05) is 12.8 Å². The maximum atomic E-state index is 12.2. The summed E-state index contributed by atoms with van der Waals surface area (Å²) >= 11 is 0. The number of rotatable bonds is 1. The second-order valence-corrected chi connectivity index (χ2v) is 5.89. The minimum atomic E-state index is -1.69. The van der Waals surface area contributed by atoms with E-state index in [1.807, 2.05) is 37.3 Å². The van der Waals surface area contributed by atoms with Gasteiger partial charge in [-0.3, -0.25) is 4.79 Å². The van der Waals surface area contributed by atoms with Crippen LogP contribution >= 0.6 is 0 Å². The van der Waals surface area contributed by atoms with Crippen LogP contribution in [0.5, 0.6) is 0 Å². The van der Waals surface area contributed by atoms with Gasteiger partial charge in [-0.05, 0) is 19.4 Å². The fourth-order valence-corrected chi connectivity index (χ4v) is 3.10. The van der Waals surface area contributed by atoms with E-state index in [-0.39, 0.29) is 0 Å². The normalized spacial score (nSPS) is 40.9. The molecule has 5 nitrogen and oxygen atoms in total. The fraction of sp³-hybridized carbons (Fsp3) is 0.533. The van der Waals surface area contributed by atoms with E-state index in [2.05, 4.69) is 0 Å². The van der Waals surface area contributed by atoms with Crippen molar-refractivity contribution in [2.24, 2.45) is 5.41 Å². The van der Waals surface area contributed by atoms with Crippen LogP contribution in [-0.4, -0.2) is 23.5 Å². The van der Waals surface area contributed by atoms with Gasteiger partial charge in [0.15, 0.2) is 0 Å². The van der Waals surface area contributed by atoms with Crippen LogP contribution in [0.1, 0.15) is 32.3 Å². The van der Waals surface area contributed by atoms with Crippen LogP contribution in [0.25, 0.3) is 0 Å². The van der Waals surface area contributed by atoms with Gasteiger partial charge in [0.2, 0.25) is 5.79 Å². The van der Waals surface area contributed by atoms with Crippen LogP contribution in [0.3, 0.4) is 0 Å². The molecule has 0 aliphatic carbocycles. The summed E-state index contributed by atoms with van der Waals surface area (Å²) in [4.78, 5) is 22.8. The quantitative estimate of drug-likeness (QED) is 0.628. The molecule has 2 heterocycles. The summed E-state index contributed by atoms with van der Waals surface area (Å²) in [7, 11) is 0. The van der Waals surface area contributed by atoms with Crippen LogP contribution < -0.4 is 0 Å². The Balaban J connectivity index is 2.01. The number of hydrogen-bond acceptors (Lipinski definition) is 5. The summed E-state index contributed by atoms with van der Waals surface area (Å²) in [6.07, 6.45) is 0.737. The Morgan fingerprint density at radius 3 is 2.45 bits per heavy atom. The molecule has 2 fully saturated rings. The molecule has 0 aromatic heterocycles. The van der Waals surface area contributed by atoms with Gasteiger partial charge in [-0.15, -0.1) is 0 Å². The first-order valence-corrected chi connectivity index (χ1v) is 6.72. The first-order valence-electron chi connectivity index (χ1n) is 6.72. The molecule has 3 rings (SSSR count). The molecule has 1 spiro atoms. The van der Waals surface area contributed by atoms with Crippen molar-refractivity contribution in [1.82, 2.24) is 0 Å². The van der Waals surface area contributed by atoms with E-state index in [0.29, 0.717) is 19.4 Å². The molecule has 1 N–H and O–H groups in total. The maximum absolute atomic E-state index is 12.2. The SMILES string of the molecule is CC1(c2ccccc2)CC2(CCOC2=O)C(C)(O)OO1. The number of benzene rings is 1. The minimum absolute atomic E-state index is 0.295. The summed E-state index contributed by atoms with van der Waals surface area (Å²) in [5.74, 6) is -2.11. The van der Waals surface area contributed by atoms with E-state index >= 15 is 0 Å². The van der Waals surface area contributed by atoms with Crippen LogP contribution in [-0.2, 0) is 24.9 Å². The zero-order valence-electron chi connectivity index (χ0n) is 11.6. The van der Waals surface area contributed by atoms with Crippen LogP contribution in [0.4, 0.5) is 0 Å². The molecule has 0 bridgehead atoms. The Morgan fingerprint density at radius 2 is 1.85 bits per heavy atom. The van der Waals surface area contributed by atoms with E-state index in [1.165, 1.54) is 6.92 Å². The molecule has 20 heavy (non-hydrogen) atoms. The predicted molar refractivity (Wildman–Crippen MR) is 69.2 cm³/mol. The lowest BCUT2D eigenvalue weighted by atomic mass is 9.68. The standard InChI is InChI=1S/C15H18O5/c1-13(11-6-4-3-5-7-11)10-15(8-9-18-12(15)16)14(2,17)20-19-13/h3-7,17H,8-10H2,1-2H3. The molecular formula is C15H18O5. The molecule has 1 aromatic rings. The molecule has 1 aromatic carbocycles. The van der Waals surface area contributed by atoms with Gasteiger partial charge in [0.05, 0.1) is 6.61 Å². The van der Waals surface area contributed by atoms with Crippen LogP contribution in [0.2, 0.25) is 0 Å². The monoisotopic (exact) mass is 278 g/mol. The zero-order chi connectivity index (χ0) is 14.4. The van der Waals surface area contributed by atoms with Gasteiger partial charge in [-0.2, -0.15) is 4.89 Å². The lowest BCUT2D eigenvalue weighted by Gasteiger charge is -2.48. The van der Waals surface area contributed by atoms with Crippen molar-refractivity contribution >= 4 is 5.97 Å². The van der Waals surface area contributed by atoms with Crippen molar-refractivity contribution in [1.29, 1.82) is 0 Å². The molecule has 2 aliphatic rings. The molecule has 3 unspecified atom stereocenters. The van der Waals surface area contributed by atoms with Gasteiger partial charge in [-0.25, -0.2) is 4.89 Å². The molecule has 3 atom stereocenters. The largest absolute Gasteiger partial charge is 0.465 e. The van der Waals surface area contributed by atoms with Crippen LogP contribution in [0, 0.1) is 5.41 Å². The van der Waals surface area contributed by atoms with E-state index in [0.717, 1.165) is 5.56 Å². The highest BCUT2D eigenvalue weighted by molar-refractivity contribution is 5.80. The Bertz CT molecular complexity index is 526. The molecular weight excluding hydrogens is 260 g/mol. The molecule has 0 saturated carbocycles. The molecule has 0 radical (unpaired) electrons. The van der Waals surface area contributed by atoms with Crippen molar-refractivity contribution < 1.29 is 24.4 Å². The minimum Gasteiger partial charge on any atom is -0.465 e. The predicted octanol–water partition coefficient (Wildman–Crippen LogP) is 1.90. The lowest BCUT2D eigenvalue weighted by molar-refractivity contribution is -0.508. The van der Waals surface area contributed by atoms with E-state index in [4.69, 9.17) is 14.5 Å². The summed E-state index contributed by atoms with van der Waals surface area (Å²) in [5, 5.41) is 10.4. The van der Waals surface area contributed by atoms with Crippen molar-refractivity contribution in [3.63, 3.8) is 0 Å². The summed E-state index contributed by atoms with van der Waals surface area (Å²) in [5.41, 5.74) is -0.988. The van der Waals surface area contributed by atoms with Gasteiger partial charge < -0.3 is 9.84 Å². The van der Waals surface area contributed by atoms with Crippen LogP contribution in [0.15, 0.2) is 30.3 Å². The number of esters is 1. The van der Waals surface area contributed by atoms with Gasteiger partial charge in [0.1, 0.15) is 11.0 Å². The van der Waals surface area contributed by atoms with Crippen molar-refractivity contribution in [3.8, 4) is 0 Å². The second kappa shape index (κ2) is 4.28. The van der Waals surface area contributed by atoms with Crippen molar-refractivity contribution in [2.75, 3.05) is 6.61 Å². The highest BCUT2D eigenvalue weighted by Gasteiger charge is 2.65. The smallest absolute Gasteiger partial charge is 0.317 e. The Morgan fingerprint density at radius 1 is 1.15 bits per heavy atom. The number of cyclic esters (lactones) is 1. The highest BCUT2D eigenvalue weighted by Crippen LogP contribution is 2.54. The number of carbonyl (C=O) groups is 1. The maximum Gasteiger partial charge on any atom is 0.317 e. The summed E-state index contributed by atoms with van der Waals surface area (Å²) < 4.78 is 5.08. The van der Waals surface area contributed by atoms with E-state index < -0.39 is 22.8 Å². The summed E-state index contributed by atoms with van der Waals surface area (Å²) in [6.45, 7) is 3.60. The first-order chi connectivity index (χ1) is 9.40. The topological polar surface area (TPSA) is 65.0 Å². The molecule has 108 valence electrons. The van der Waals surface area contributed by atoms with Gasteiger partial charge in [-0.1, -0.05) is 30.3 Å². The third-order valence-electron chi connectivity index (χ3n) is 4.45. The third-order valence-corrected chi connectivity index (χ3v) is 4.45. The van der Waals surface area contributed by atoms with E-state index in [1.54, 1.807) is 0 Å². The number of aliphatic hydroxyl groups is 1. The van der Waals surface area contributed by atoms with Crippen molar-refractivity contribution in [3.05, 3.63) is 35.9 Å². The Kier molecular flexibility index (Phi) is 2.90. The average molecular weight is 278 g/mol. The van der Waals surface area contributed by atoms with Crippen molar-refractivity contribution in [2.45, 2.75) is 38.1 Å². The molecule has 5 heteroatoms. The van der Waals surface area contributed by atoms with Gasteiger partial charge in [0.25, 0.3) is 0 Å². The first kappa shape index (κ1) is 13.5. The molecule has 2 saturated heterocycles. The third kappa shape index (κ3) is 1.78. The summed E-state index contributed by atoms with van der Waals surface area (Å²) in [6, 6.07) is 9.54. The Hall–Kier alpha value is -1.43. The fourth-order valence-electron chi connectivity index (χ4n) is 3.10. The Labute approximate surface area is 117 Å². The number of ether oxygens (including phenoxy) is 1. The molecule has 0 amide bonds.